The number of carbonyl (C=O) groups is 2. The molecule has 0 spiro atoms. The molecule has 0 saturated carbocycles. The smallest absolute Gasteiger partial charge is 0.261 e. The van der Waals surface area contributed by atoms with Gasteiger partial charge in [0.2, 0.25) is 5.91 Å². The van der Waals surface area contributed by atoms with Crippen LogP contribution in [-0.2, 0) is 16.0 Å². The number of carbonyl (C=O) groups excluding carboxylic acids is 2. The molecule has 2 aromatic carbocycles. The van der Waals surface area contributed by atoms with Crippen LogP contribution in [0, 0.1) is 5.82 Å². The molecule has 0 radical (unpaired) electrons. The third-order valence-electron chi connectivity index (χ3n) is 6.13. The Balaban J connectivity index is 1.56. The molecule has 2 heterocycles. The Hall–Kier alpha value is -2.60. The van der Waals surface area contributed by atoms with E-state index in [2.05, 4.69) is 5.32 Å². The molecule has 0 bridgehead atoms. The molecule has 31 heavy (non-hydrogen) atoms. The minimum atomic E-state index is -0.282. The zero-order valence-electron chi connectivity index (χ0n) is 17.2. The highest BCUT2D eigenvalue weighted by Gasteiger charge is 2.44. The number of halogens is 2. The van der Waals surface area contributed by atoms with Crippen LogP contribution in [0.4, 0.5) is 4.39 Å². The van der Waals surface area contributed by atoms with E-state index in [0.717, 1.165) is 19.3 Å². The molecule has 2 aliphatic heterocycles. The molecule has 2 saturated heterocycles. The van der Waals surface area contributed by atoms with E-state index in [0.29, 0.717) is 35.6 Å². The number of nitrogens with zero attached hydrogens (tertiary/aromatic N) is 1. The van der Waals surface area contributed by atoms with Gasteiger partial charge in [-0.05, 0) is 49.4 Å². The minimum absolute atomic E-state index is 0.0148. The molecule has 0 aliphatic carbocycles. The summed E-state index contributed by atoms with van der Waals surface area (Å²) >= 11 is 6.15. The first kappa shape index (κ1) is 21.6. The second kappa shape index (κ2) is 9.69. The van der Waals surface area contributed by atoms with Crippen molar-refractivity contribution in [1.82, 2.24) is 10.2 Å². The van der Waals surface area contributed by atoms with Crippen molar-refractivity contribution >= 4 is 23.4 Å². The van der Waals surface area contributed by atoms with Gasteiger partial charge in [-0.2, -0.15) is 0 Å². The lowest BCUT2D eigenvalue weighted by Crippen LogP contribution is -2.50. The molecule has 2 aliphatic rings. The zero-order valence-corrected chi connectivity index (χ0v) is 18.0. The number of hydrogen-bond donors (Lipinski definition) is 1. The number of hydrogen-bond acceptors (Lipinski definition) is 3. The molecule has 0 aromatic heterocycles. The Labute approximate surface area is 186 Å². The maximum atomic E-state index is 14.3. The molecule has 164 valence electrons. The molecule has 2 fully saturated rings. The van der Waals surface area contributed by atoms with Crippen LogP contribution in [0.1, 0.15) is 37.7 Å². The van der Waals surface area contributed by atoms with Gasteiger partial charge in [-0.3, -0.25) is 9.59 Å². The van der Waals surface area contributed by atoms with Crippen LogP contribution in [0.15, 0.2) is 48.5 Å². The van der Waals surface area contributed by atoms with Crippen molar-refractivity contribution in [2.75, 3.05) is 6.61 Å². The third kappa shape index (κ3) is 5.01. The number of para-hydroxylation sites is 1. The number of likely N-dealkylation sites (tertiary alicyclic amines) is 1. The fourth-order valence-corrected chi connectivity index (χ4v) is 4.90. The first-order chi connectivity index (χ1) is 15.0. The maximum absolute atomic E-state index is 14.3. The summed E-state index contributed by atoms with van der Waals surface area (Å²) in [6.07, 6.45) is 3.97. The van der Waals surface area contributed by atoms with Gasteiger partial charge in [0.05, 0.1) is 17.1 Å². The van der Waals surface area contributed by atoms with E-state index < -0.39 is 0 Å². The molecular formula is C24H26ClFN2O3. The van der Waals surface area contributed by atoms with Gasteiger partial charge in [0.1, 0.15) is 11.6 Å². The Kier molecular flexibility index (Phi) is 6.76. The van der Waals surface area contributed by atoms with Crippen molar-refractivity contribution in [1.29, 1.82) is 0 Å². The summed E-state index contributed by atoms with van der Waals surface area (Å²) in [7, 11) is 0. The van der Waals surface area contributed by atoms with E-state index in [1.54, 1.807) is 42.5 Å². The van der Waals surface area contributed by atoms with Crippen molar-refractivity contribution in [2.24, 2.45) is 0 Å². The topological polar surface area (TPSA) is 58.6 Å². The molecule has 4 rings (SSSR count). The lowest BCUT2D eigenvalue weighted by molar-refractivity contribution is -0.137. The third-order valence-corrected chi connectivity index (χ3v) is 6.44. The van der Waals surface area contributed by atoms with Gasteiger partial charge in [0.15, 0.2) is 6.61 Å². The average Bonchev–Trinajstić information content (AvgIpc) is 3.06. The maximum Gasteiger partial charge on any atom is 0.261 e. The van der Waals surface area contributed by atoms with Gasteiger partial charge >= 0.3 is 0 Å². The van der Waals surface area contributed by atoms with Crippen molar-refractivity contribution in [3.8, 4) is 5.75 Å². The summed E-state index contributed by atoms with van der Waals surface area (Å²) in [6, 6.07) is 13.2. The summed E-state index contributed by atoms with van der Waals surface area (Å²) in [5.74, 6) is 0.00462. The summed E-state index contributed by atoms with van der Waals surface area (Å²) < 4.78 is 20.0. The van der Waals surface area contributed by atoms with Crippen LogP contribution >= 0.6 is 11.6 Å². The van der Waals surface area contributed by atoms with E-state index in [9.17, 15) is 14.0 Å². The van der Waals surface area contributed by atoms with E-state index >= 15 is 0 Å². The van der Waals surface area contributed by atoms with Crippen LogP contribution < -0.4 is 10.1 Å². The van der Waals surface area contributed by atoms with Crippen molar-refractivity contribution < 1.29 is 18.7 Å². The van der Waals surface area contributed by atoms with E-state index in [-0.39, 0.29) is 42.4 Å². The Bertz CT molecular complexity index is 954. The molecule has 5 nitrogen and oxygen atoms in total. The van der Waals surface area contributed by atoms with E-state index in [4.69, 9.17) is 16.3 Å². The largest absolute Gasteiger partial charge is 0.482 e. The normalized spacial score (nSPS) is 23.5. The number of amides is 2. The SMILES string of the molecule is O=C1CCCC[C@H]2[C@@H](C[C@H](Cc3ccccc3F)N2C(=O)COc2ccccc2Cl)N1. The van der Waals surface area contributed by atoms with Crippen LogP contribution in [0.25, 0.3) is 0 Å². The Morgan fingerprint density at radius 1 is 1.16 bits per heavy atom. The number of ether oxygens (including phenoxy) is 1. The van der Waals surface area contributed by atoms with Crippen molar-refractivity contribution in [3.05, 3.63) is 64.9 Å². The van der Waals surface area contributed by atoms with Gasteiger partial charge in [-0.15, -0.1) is 0 Å². The Morgan fingerprint density at radius 2 is 1.94 bits per heavy atom. The number of fused-ring (bicyclic) bond motifs is 1. The minimum Gasteiger partial charge on any atom is -0.482 e. The molecule has 1 N–H and O–H groups in total. The molecule has 3 atom stereocenters. The lowest BCUT2D eigenvalue weighted by Gasteiger charge is -2.33. The predicted octanol–water partition coefficient (Wildman–Crippen LogP) is 4.13. The Morgan fingerprint density at radius 3 is 2.74 bits per heavy atom. The quantitative estimate of drug-likeness (QED) is 0.754. The lowest BCUT2D eigenvalue weighted by atomic mass is 9.97. The summed E-state index contributed by atoms with van der Waals surface area (Å²) in [5.41, 5.74) is 0.568. The fourth-order valence-electron chi connectivity index (χ4n) is 4.71. The first-order valence-electron chi connectivity index (χ1n) is 10.7. The highest BCUT2D eigenvalue weighted by molar-refractivity contribution is 6.32. The zero-order chi connectivity index (χ0) is 21.8. The second-order valence-corrected chi connectivity index (χ2v) is 8.60. The van der Waals surface area contributed by atoms with Gasteiger partial charge in [0.25, 0.3) is 5.91 Å². The van der Waals surface area contributed by atoms with Gasteiger partial charge in [-0.1, -0.05) is 48.4 Å². The van der Waals surface area contributed by atoms with Crippen molar-refractivity contribution in [2.45, 2.75) is 56.7 Å². The summed E-state index contributed by atoms with van der Waals surface area (Å²) in [4.78, 5) is 27.3. The van der Waals surface area contributed by atoms with Crippen molar-refractivity contribution in [3.63, 3.8) is 0 Å². The average molecular weight is 445 g/mol. The summed E-state index contributed by atoms with van der Waals surface area (Å²) in [5, 5.41) is 3.53. The van der Waals surface area contributed by atoms with Gasteiger partial charge < -0.3 is 15.0 Å². The summed E-state index contributed by atoms with van der Waals surface area (Å²) in [6.45, 7) is -0.158. The van der Waals surface area contributed by atoms with Crippen LogP contribution in [0.2, 0.25) is 5.02 Å². The number of nitrogens with one attached hydrogen (secondary N) is 1. The molecule has 7 heteroatoms. The monoisotopic (exact) mass is 444 g/mol. The first-order valence-corrected chi connectivity index (χ1v) is 11.1. The van der Waals surface area contributed by atoms with Gasteiger partial charge in [-0.25, -0.2) is 4.39 Å². The highest BCUT2D eigenvalue weighted by Crippen LogP contribution is 2.33. The van der Waals surface area contributed by atoms with Crippen LogP contribution in [0.3, 0.4) is 0 Å². The fraction of sp³-hybridized carbons (Fsp3) is 0.417. The number of benzene rings is 2. The molecule has 0 unspecified atom stereocenters. The molecular weight excluding hydrogens is 419 g/mol. The van der Waals surface area contributed by atoms with E-state index in [1.165, 1.54) is 6.07 Å². The second-order valence-electron chi connectivity index (χ2n) is 8.19. The van der Waals surface area contributed by atoms with E-state index in [1.807, 2.05) is 4.90 Å². The van der Waals surface area contributed by atoms with Crippen LogP contribution in [0.5, 0.6) is 5.75 Å². The predicted molar refractivity (Wildman–Crippen MR) is 116 cm³/mol. The van der Waals surface area contributed by atoms with Gasteiger partial charge in [0, 0.05) is 12.5 Å². The standard InChI is InChI=1S/C24H26ClFN2O3/c25-18-8-2-5-11-22(18)31-15-24(30)28-17(13-16-7-1-3-9-19(16)26)14-20-21(28)10-4-6-12-23(29)27-20/h1-3,5,7-9,11,17,20-21H,4,6,10,12-15H2,(H,27,29)/t17-,20+,21-/m0/s1. The van der Waals surface area contributed by atoms with Crippen LogP contribution in [-0.4, -0.2) is 41.4 Å². The molecule has 2 amide bonds. The number of rotatable bonds is 5. The highest BCUT2D eigenvalue weighted by atomic mass is 35.5. The molecule has 2 aromatic rings.